The van der Waals surface area contributed by atoms with Crippen molar-refractivity contribution in [3.63, 3.8) is 0 Å². The molecular weight excluding hydrogens is 194 g/mol. The van der Waals surface area contributed by atoms with Crippen LogP contribution in [-0.2, 0) is 6.54 Å². The van der Waals surface area contributed by atoms with Crippen LogP contribution in [0.5, 0.6) is 0 Å². The zero-order chi connectivity index (χ0) is 10.4. The molecule has 0 saturated heterocycles. The summed E-state index contributed by atoms with van der Waals surface area (Å²) in [5, 5.41) is 8.83. The summed E-state index contributed by atoms with van der Waals surface area (Å²) in [6, 6.07) is 3.37. The van der Waals surface area contributed by atoms with Gasteiger partial charge in [-0.25, -0.2) is 14.8 Å². The predicted molar refractivity (Wildman–Crippen MR) is 54.0 cm³/mol. The lowest BCUT2D eigenvalue weighted by Gasteiger charge is -2.05. The van der Waals surface area contributed by atoms with Gasteiger partial charge in [-0.1, -0.05) is 0 Å². The zero-order valence-corrected chi connectivity index (χ0v) is 7.71. The van der Waals surface area contributed by atoms with Gasteiger partial charge in [-0.05, 0) is 12.1 Å². The van der Waals surface area contributed by atoms with Crippen LogP contribution >= 0.6 is 0 Å². The number of hydrogen-bond acceptors (Lipinski definition) is 3. The maximum Gasteiger partial charge on any atom is 0.354 e. The molecule has 0 atom stereocenters. The molecule has 0 bridgehead atoms. The molecule has 3 heterocycles. The third-order valence-electron chi connectivity index (χ3n) is 2.43. The molecule has 0 amide bonds. The van der Waals surface area contributed by atoms with Crippen LogP contribution < -0.4 is 0 Å². The van der Waals surface area contributed by atoms with Crippen molar-refractivity contribution in [1.29, 1.82) is 0 Å². The number of aromatic nitrogens is 2. The second-order valence-corrected chi connectivity index (χ2v) is 3.35. The van der Waals surface area contributed by atoms with Crippen LogP contribution in [0, 0.1) is 0 Å². The van der Waals surface area contributed by atoms with E-state index in [1.165, 1.54) is 0 Å². The van der Waals surface area contributed by atoms with E-state index >= 15 is 0 Å². The van der Waals surface area contributed by atoms with E-state index in [1.54, 1.807) is 18.3 Å². The lowest BCUT2D eigenvalue weighted by Crippen LogP contribution is -1.95. The largest absolute Gasteiger partial charge is 0.477 e. The van der Waals surface area contributed by atoms with Crippen molar-refractivity contribution in [2.24, 2.45) is 4.99 Å². The van der Waals surface area contributed by atoms with Gasteiger partial charge in [0.1, 0.15) is 11.5 Å². The van der Waals surface area contributed by atoms with Crippen LogP contribution in [0.3, 0.4) is 0 Å². The summed E-state index contributed by atoms with van der Waals surface area (Å²) in [6.45, 7) is 0.735. The molecule has 3 rings (SSSR count). The highest BCUT2D eigenvalue weighted by Gasteiger charge is 2.19. The zero-order valence-electron chi connectivity index (χ0n) is 7.71. The minimum absolute atomic E-state index is 0.0705. The number of hydrogen-bond donors (Lipinski definition) is 1. The highest BCUT2D eigenvalue weighted by Crippen LogP contribution is 2.34. The molecule has 0 radical (unpaired) electrons. The summed E-state index contributed by atoms with van der Waals surface area (Å²) < 4.78 is 1.95. The minimum atomic E-state index is -1.01. The maximum atomic E-state index is 10.8. The molecule has 0 fully saturated rings. The molecule has 0 aromatic carbocycles. The first-order valence-electron chi connectivity index (χ1n) is 4.51. The van der Waals surface area contributed by atoms with Gasteiger partial charge in [-0.15, -0.1) is 0 Å². The van der Waals surface area contributed by atoms with E-state index < -0.39 is 5.97 Å². The topological polar surface area (TPSA) is 67.5 Å². The monoisotopic (exact) mass is 201 g/mol. The molecule has 15 heavy (non-hydrogen) atoms. The molecule has 0 aliphatic carbocycles. The number of carboxylic acids is 1. The average molecular weight is 201 g/mol. The van der Waals surface area contributed by atoms with Crippen LogP contribution in [-0.4, -0.2) is 26.8 Å². The predicted octanol–water partition coefficient (Wildman–Crippen LogP) is 1.40. The van der Waals surface area contributed by atoms with Crippen LogP contribution in [0.4, 0.5) is 5.82 Å². The summed E-state index contributed by atoms with van der Waals surface area (Å²) in [4.78, 5) is 19.0. The Morgan fingerprint density at radius 3 is 3.20 bits per heavy atom. The normalized spacial score (nSPS) is 13.3. The first kappa shape index (κ1) is 8.16. The van der Waals surface area contributed by atoms with Gasteiger partial charge in [-0.3, -0.25) is 0 Å². The molecule has 0 saturated carbocycles. The molecule has 3 aliphatic heterocycles. The lowest BCUT2D eigenvalue weighted by molar-refractivity contribution is 0.0691. The smallest absolute Gasteiger partial charge is 0.354 e. The summed E-state index contributed by atoms with van der Waals surface area (Å²) in [5.41, 5.74) is 1.54. The fourth-order valence-electron chi connectivity index (χ4n) is 1.74. The highest BCUT2D eigenvalue weighted by molar-refractivity contribution is 5.91. The standard InChI is InChI=1S/C10H7N3O2/c14-10(15)8-5-6-7(12-8)1-3-13-4-2-11-9(6)13/h1-3,5H,4H2,(H,14,15). The second kappa shape index (κ2) is 2.66. The van der Waals surface area contributed by atoms with E-state index in [4.69, 9.17) is 5.11 Å². The molecule has 0 spiro atoms. The number of rotatable bonds is 1. The molecule has 1 N–H and O–H groups in total. The van der Waals surface area contributed by atoms with Crippen molar-refractivity contribution < 1.29 is 9.90 Å². The fraction of sp³-hybridized carbons (Fsp3) is 0.100. The SMILES string of the molecule is O=C(O)c1cc2c3n(ccc-2n1)CC=N3. The first-order chi connectivity index (χ1) is 7.25. The number of aromatic carboxylic acids is 1. The Labute approximate surface area is 85.0 Å². The summed E-state index contributed by atoms with van der Waals surface area (Å²) in [5.74, 6) is -0.223. The Balaban J connectivity index is 2.31. The van der Waals surface area contributed by atoms with Gasteiger partial charge >= 0.3 is 5.97 Å². The van der Waals surface area contributed by atoms with Gasteiger partial charge in [-0.2, -0.15) is 0 Å². The Kier molecular flexibility index (Phi) is 1.45. The van der Waals surface area contributed by atoms with Gasteiger partial charge in [0.2, 0.25) is 0 Å². The van der Waals surface area contributed by atoms with E-state index in [0.717, 1.165) is 17.9 Å². The van der Waals surface area contributed by atoms with E-state index in [1.807, 2.05) is 10.8 Å². The van der Waals surface area contributed by atoms with Crippen molar-refractivity contribution in [1.82, 2.24) is 9.55 Å². The van der Waals surface area contributed by atoms with Crippen molar-refractivity contribution in [2.45, 2.75) is 6.54 Å². The lowest BCUT2D eigenvalue weighted by atomic mass is 10.2. The minimum Gasteiger partial charge on any atom is -0.477 e. The Morgan fingerprint density at radius 2 is 2.40 bits per heavy atom. The summed E-state index contributed by atoms with van der Waals surface area (Å²) in [6.07, 6.45) is 3.66. The molecule has 74 valence electrons. The van der Waals surface area contributed by atoms with Crippen LogP contribution in [0.1, 0.15) is 10.5 Å². The number of carbonyl (C=O) groups is 1. The molecular formula is C10H7N3O2. The number of carboxylic acid groups (broad SMARTS) is 1. The molecule has 0 aromatic heterocycles. The van der Waals surface area contributed by atoms with E-state index in [2.05, 4.69) is 9.98 Å². The maximum absolute atomic E-state index is 10.8. The third-order valence-corrected chi connectivity index (χ3v) is 2.43. The summed E-state index contributed by atoms with van der Waals surface area (Å²) >= 11 is 0. The van der Waals surface area contributed by atoms with E-state index in [0.29, 0.717) is 5.69 Å². The number of pyridine rings is 1. The number of fused-ring (bicyclic) bond motifs is 3. The summed E-state index contributed by atoms with van der Waals surface area (Å²) in [7, 11) is 0. The molecule has 3 aliphatic rings. The van der Waals surface area contributed by atoms with E-state index in [-0.39, 0.29) is 5.69 Å². The number of nitrogens with zero attached hydrogens (tertiary/aromatic N) is 3. The average Bonchev–Trinajstić information content (AvgIpc) is 2.82. The Morgan fingerprint density at radius 1 is 1.53 bits per heavy atom. The highest BCUT2D eigenvalue weighted by atomic mass is 16.4. The number of aliphatic imine (C=N–C) groups is 1. The quantitative estimate of drug-likeness (QED) is 0.758. The van der Waals surface area contributed by atoms with Gasteiger partial charge < -0.3 is 9.67 Å². The van der Waals surface area contributed by atoms with Gasteiger partial charge in [0.05, 0.1) is 12.2 Å². The van der Waals surface area contributed by atoms with Gasteiger partial charge in [0.15, 0.2) is 0 Å². The van der Waals surface area contributed by atoms with Gasteiger partial charge in [0.25, 0.3) is 0 Å². The molecule has 5 heteroatoms. The molecule has 0 aromatic rings. The molecule has 5 nitrogen and oxygen atoms in total. The molecule has 0 unspecified atom stereocenters. The Bertz CT molecular complexity index is 556. The Hall–Kier alpha value is -2.17. The van der Waals surface area contributed by atoms with Gasteiger partial charge in [0, 0.05) is 18.0 Å². The van der Waals surface area contributed by atoms with Crippen LogP contribution in [0.25, 0.3) is 11.3 Å². The van der Waals surface area contributed by atoms with Crippen molar-refractivity contribution in [3.8, 4) is 11.3 Å². The van der Waals surface area contributed by atoms with Crippen LogP contribution in [0.2, 0.25) is 0 Å². The third kappa shape index (κ3) is 1.06. The first-order valence-corrected chi connectivity index (χ1v) is 4.51. The van der Waals surface area contributed by atoms with Crippen molar-refractivity contribution in [2.75, 3.05) is 0 Å². The van der Waals surface area contributed by atoms with E-state index in [9.17, 15) is 4.79 Å². The van der Waals surface area contributed by atoms with Crippen molar-refractivity contribution >= 4 is 18.0 Å². The van der Waals surface area contributed by atoms with Crippen LogP contribution in [0.15, 0.2) is 23.3 Å². The van der Waals surface area contributed by atoms with Crippen molar-refractivity contribution in [3.05, 3.63) is 24.0 Å². The fourth-order valence-corrected chi connectivity index (χ4v) is 1.74. The second-order valence-electron chi connectivity index (χ2n) is 3.35.